The number of amides is 1. The number of nitrogens with one attached hydrogen (secondary N) is 1. The van der Waals surface area contributed by atoms with E-state index in [1.165, 1.54) is 231 Å². The number of hydrogen-bond donors (Lipinski definition) is 6. The summed E-state index contributed by atoms with van der Waals surface area (Å²) in [7, 11) is 0. The first-order valence-electron chi connectivity index (χ1n) is 33.5. The zero-order valence-corrected chi connectivity index (χ0v) is 50.9. The molecule has 1 saturated heterocycles. The second kappa shape index (κ2) is 58.1. The third-order valence-electron chi connectivity index (χ3n) is 15.8. The van der Waals surface area contributed by atoms with E-state index >= 15 is 0 Å². The summed E-state index contributed by atoms with van der Waals surface area (Å²) in [5.41, 5.74) is 0. The van der Waals surface area contributed by atoms with Crippen molar-refractivity contribution in [1.82, 2.24) is 5.32 Å². The summed E-state index contributed by atoms with van der Waals surface area (Å²) in [6, 6.07) is -0.806. The van der Waals surface area contributed by atoms with Crippen LogP contribution in [0.15, 0.2) is 60.8 Å². The first-order valence-corrected chi connectivity index (χ1v) is 33.5. The molecular weight excluding hydrogens is 971 g/mol. The molecule has 0 spiro atoms. The highest BCUT2D eigenvalue weighted by Gasteiger charge is 2.44. The number of hydrogen-bond acceptors (Lipinski definition) is 8. The van der Waals surface area contributed by atoms with Crippen molar-refractivity contribution in [2.75, 3.05) is 13.2 Å². The molecule has 0 bridgehead atoms. The van der Waals surface area contributed by atoms with Crippen LogP contribution < -0.4 is 5.32 Å². The zero-order chi connectivity index (χ0) is 56.5. The van der Waals surface area contributed by atoms with Gasteiger partial charge in [-0.05, 0) is 57.8 Å². The van der Waals surface area contributed by atoms with E-state index in [0.717, 1.165) is 64.2 Å². The largest absolute Gasteiger partial charge is 0.394 e. The lowest BCUT2D eigenvalue weighted by molar-refractivity contribution is -0.302. The van der Waals surface area contributed by atoms with Crippen LogP contribution in [0.2, 0.25) is 0 Å². The lowest BCUT2D eigenvalue weighted by atomic mass is 9.99. The van der Waals surface area contributed by atoms with Crippen molar-refractivity contribution in [3.63, 3.8) is 0 Å². The number of carbonyl (C=O) groups excluding carboxylic acids is 1. The van der Waals surface area contributed by atoms with Gasteiger partial charge < -0.3 is 40.3 Å². The van der Waals surface area contributed by atoms with Gasteiger partial charge in [-0.3, -0.25) is 4.79 Å². The first kappa shape index (κ1) is 73.9. The summed E-state index contributed by atoms with van der Waals surface area (Å²) < 4.78 is 11.3. The lowest BCUT2D eigenvalue weighted by Crippen LogP contribution is -2.60. The van der Waals surface area contributed by atoms with Crippen LogP contribution in [0.1, 0.15) is 316 Å². The smallest absolute Gasteiger partial charge is 0.220 e. The summed E-state index contributed by atoms with van der Waals surface area (Å²) in [4.78, 5) is 13.1. The number of rotatable bonds is 58. The molecular formula is C69H127NO8. The molecule has 0 aromatic rings. The van der Waals surface area contributed by atoms with Crippen LogP contribution in [-0.4, -0.2) is 87.5 Å². The predicted octanol–water partition coefficient (Wildman–Crippen LogP) is 17.8. The van der Waals surface area contributed by atoms with Crippen LogP contribution in [0.4, 0.5) is 0 Å². The monoisotopic (exact) mass is 1100 g/mol. The van der Waals surface area contributed by atoms with E-state index in [2.05, 4.69) is 67.8 Å². The van der Waals surface area contributed by atoms with Crippen molar-refractivity contribution in [3.8, 4) is 0 Å². The molecule has 7 atom stereocenters. The minimum atomic E-state index is -1.57. The standard InChI is InChI=1S/C69H127NO8/c1-3-5-7-9-11-13-15-17-19-21-23-25-27-28-29-30-31-32-33-34-35-36-37-39-41-43-45-47-49-51-53-55-57-59-65(73)70-62(61-77-69-68(76)67(75)66(74)64(60-71)78-69)63(72)58-56-54-52-50-48-46-44-42-40-38-26-24-22-20-18-16-14-12-10-8-6-4-2/h5,7,11,13,17,19,23,25,56,58,62-64,66-69,71-72,74-76H,3-4,6,8-10,12,14-16,18,20-22,24,26-55,57,59-61H2,1-2H3,(H,70,73)/b7-5-,13-11-,19-17-,25-23-,58-56+. The number of unbranched alkanes of at least 4 members (excludes halogenated alkanes) is 40. The van der Waals surface area contributed by atoms with Crippen LogP contribution in [0, 0.1) is 0 Å². The maximum atomic E-state index is 13.1. The molecule has 1 aliphatic heterocycles. The van der Waals surface area contributed by atoms with Crippen LogP contribution in [0.3, 0.4) is 0 Å². The van der Waals surface area contributed by atoms with Crippen LogP contribution in [-0.2, 0) is 14.3 Å². The number of aliphatic hydroxyl groups excluding tert-OH is 5. The van der Waals surface area contributed by atoms with Gasteiger partial charge in [0.2, 0.25) is 5.91 Å². The Morgan fingerprint density at radius 3 is 1.18 bits per heavy atom. The Balaban J connectivity index is 2.12. The third-order valence-corrected chi connectivity index (χ3v) is 15.8. The number of allylic oxidation sites excluding steroid dienone is 9. The van der Waals surface area contributed by atoms with Gasteiger partial charge in [0.25, 0.3) is 0 Å². The fourth-order valence-corrected chi connectivity index (χ4v) is 10.6. The van der Waals surface area contributed by atoms with Gasteiger partial charge in [0.1, 0.15) is 24.4 Å². The molecule has 9 nitrogen and oxygen atoms in total. The highest BCUT2D eigenvalue weighted by molar-refractivity contribution is 5.76. The van der Waals surface area contributed by atoms with Gasteiger partial charge in [-0.25, -0.2) is 0 Å². The van der Waals surface area contributed by atoms with Crippen LogP contribution in [0.5, 0.6) is 0 Å². The Morgan fingerprint density at radius 2 is 0.795 bits per heavy atom. The van der Waals surface area contributed by atoms with Gasteiger partial charge in [0.05, 0.1) is 25.4 Å². The maximum Gasteiger partial charge on any atom is 0.220 e. The van der Waals surface area contributed by atoms with Crippen LogP contribution >= 0.6 is 0 Å². The van der Waals surface area contributed by atoms with Crippen molar-refractivity contribution in [2.45, 2.75) is 358 Å². The van der Waals surface area contributed by atoms with Crippen molar-refractivity contribution >= 4 is 5.91 Å². The van der Waals surface area contributed by atoms with Crippen molar-refractivity contribution in [2.24, 2.45) is 0 Å². The van der Waals surface area contributed by atoms with Crippen molar-refractivity contribution in [1.29, 1.82) is 0 Å². The summed E-state index contributed by atoms with van der Waals surface area (Å²) >= 11 is 0. The second-order valence-electron chi connectivity index (χ2n) is 23.2. The van der Waals surface area contributed by atoms with E-state index < -0.39 is 49.5 Å². The minimum Gasteiger partial charge on any atom is -0.394 e. The van der Waals surface area contributed by atoms with E-state index in [-0.39, 0.29) is 12.5 Å². The Bertz CT molecular complexity index is 1410. The Morgan fingerprint density at radius 1 is 0.449 bits per heavy atom. The molecule has 0 saturated carbocycles. The molecule has 1 aliphatic rings. The summed E-state index contributed by atoms with van der Waals surface area (Å²) in [5, 5.41) is 54.7. The first-order chi connectivity index (χ1) is 38.3. The second-order valence-corrected chi connectivity index (χ2v) is 23.2. The molecule has 1 rings (SSSR count). The minimum absolute atomic E-state index is 0.172. The van der Waals surface area contributed by atoms with Crippen LogP contribution in [0.25, 0.3) is 0 Å². The molecule has 1 fully saturated rings. The normalized spacial score (nSPS) is 19.0. The summed E-state index contributed by atoms with van der Waals surface area (Å²) in [5.74, 6) is -0.172. The SMILES string of the molecule is CC/C=C\C/C=C\C/C=C\C/C=C\CCCCCCCCCCCCCCCCCCCCCCC(=O)NC(COC1OC(CO)C(O)C(O)C1O)C(O)/C=C/CCCCCCCCCCCCCCCCCCCCCC. The third kappa shape index (κ3) is 46.5. The highest BCUT2D eigenvalue weighted by atomic mass is 16.7. The Kier molecular flexibility index (Phi) is 55.0. The van der Waals surface area contributed by atoms with E-state index in [0.29, 0.717) is 6.42 Å². The quantitative estimate of drug-likeness (QED) is 0.0261. The molecule has 1 amide bonds. The van der Waals surface area contributed by atoms with Gasteiger partial charge >= 0.3 is 0 Å². The molecule has 0 aromatic heterocycles. The molecule has 1 heterocycles. The number of ether oxygens (including phenoxy) is 2. The molecule has 6 N–H and O–H groups in total. The average Bonchev–Trinajstić information content (AvgIpc) is 3.45. The molecule has 0 aromatic carbocycles. The van der Waals surface area contributed by atoms with E-state index in [1.54, 1.807) is 6.08 Å². The van der Waals surface area contributed by atoms with E-state index in [4.69, 9.17) is 9.47 Å². The molecule has 7 unspecified atom stereocenters. The molecule has 456 valence electrons. The van der Waals surface area contributed by atoms with Gasteiger partial charge in [-0.1, -0.05) is 312 Å². The Labute approximate surface area is 481 Å². The molecule has 0 radical (unpaired) electrons. The topological polar surface area (TPSA) is 149 Å². The van der Waals surface area contributed by atoms with Gasteiger partial charge in [-0.15, -0.1) is 0 Å². The summed E-state index contributed by atoms with van der Waals surface area (Å²) in [6.07, 6.45) is 73.1. The Hall–Kier alpha value is -2.11. The van der Waals surface area contributed by atoms with Crippen molar-refractivity contribution < 1.29 is 39.8 Å². The van der Waals surface area contributed by atoms with Gasteiger partial charge in [0, 0.05) is 6.42 Å². The summed E-state index contributed by atoms with van der Waals surface area (Å²) in [6.45, 7) is 3.71. The number of carbonyl (C=O) groups is 1. The molecule has 0 aliphatic carbocycles. The van der Waals surface area contributed by atoms with Crippen molar-refractivity contribution in [3.05, 3.63) is 60.8 Å². The molecule has 78 heavy (non-hydrogen) atoms. The van der Waals surface area contributed by atoms with Gasteiger partial charge in [-0.2, -0.15) is 0 Å². The van der Waals surface area contributed by atoms with Gasteiger partial charge in [0.15, 0.2) is 6.29 Å². The maximum absolute atomic E-state index is 13.1. The highest BCUT2D eigenvalue weighted by Crippen LogP contribution is 2.23. The van der Waals surface area contributed by atoms with E-state index in [9.17, 15) is 30.3 Å². The fourth-order valence-electron chi connectivity index (χ4n) is 10.6. The fraction of sp³-hybridized carbons (Fsp3) is 0.841. The molecule has 9 heteroatoms. The average molecular weight is 1100 g/mol. The number of aliphatic hydroxyl groups is 5. The zero-order valence-electron chi connectivity index (χ0n) is 50.9. The van der Waals surface area contributed by atoms with E-state index in [1.807, 2.05) is 6.08 Å². The predicted molar refractivity (Wildman–Crippen MR) is 332 cm³/mol. The lowest BCUT2D eigenvalue weighted by Gasteiger charge is -2.40.